The van der Waals surface area contributed by atoms with Gasteiger partial charge in [0, 0.05) is 24.3 Å². The van der Waals surface area contributed by atoms with Crippen LogP contribution in [0.3, 0.4) is 0 Å². The lowest BCUT2D eigenvalue weighted by Gasteiger charge is -2.25. The Balaban J connectivity index is 2.23. The van der Waals surface area contributed by atoms with Crippen LogP contribution in [0.2, 0.25) is 0 Å². The van der Waals surface area contributed by atoms with E-state index in [1.807, 2.05) is 19.9 Å². The number of aryl methyl sites for hydroxylation is 2. The number of nitrogens with one attached hydrogen (secondary N) is 1. The highest BCUT2D eigenvalue weighted by atomic mass is 32.2. The van der Waals surface area contributed by atoms with Crippen molar-refractivity contribution in [1.82, 2.24) is 14.7 Å². The molecule has 1 fully saturated rings. The molecule has 1 aromatic rings. The van der Waals surface area contributed by atoms with Gasteiger partial charge in [0.05, 0.1) is 5.75 Å². The SMILES string of the molecule is CNS(=O)(=O)CC1CCCN1c1cc(C)nc(C)n1. The molecule has 1 unspecified atom stereocenters. The highest BCUT2D eigenvalue weighted by Gasteiger charge is 2.29. The van der Waals surface area contributed by atoms with Gasteiger partial charge in [-0.3, -0.25) is 0 Å². The fourth-order valence-corrected chi connectivity index (χ4v) is 3.51. The molecule has 1 aromatic heterocycles. The maximum atomic E-state index is 11.7. The van der Waals surface area contributed by atoms with Crippen molar-refractivity contribution in [2.75, 3.05) is 24.2 Å². The summed E-state index contributed by atoms with van der Waals surface area (Å²) in [6.07, 6.45) is 1.87. The summed E-state index contributed by atoms with van der Waals surface area (Å²) in [6.45, 7) is 4.62. The predicted molar refractivity (Wildman–Crippen MR) is 74.7 cm³/mol. The van der Waals surface area contributed by atoms with Gasteiger partial charge >= 0.3 is 0 Å². The van der Waals surface area contributed by atoms with Gasteiger partial charge in [0.2, 0.25) is 10.0 Å². The average molecular weight is 284 g/mol. The fraction of sp³-hybridized carbons (Fsp3) is 0.667. The lowest BCUT2D eigenvalue weighted by Crippen LogP contribution is -2.39. The van der Waals surface area contributed by atoms with Crippen molar-refractivity contribution < 1.29 is 8.42 Å². The first-order valence-electron chi connectivity index (χ1n) is 6.41. The second kappa shape index (κ2) is 5.42. The first-order valence-corrected chi connectivity index (χ1v) is 8.06. The summed E-state index contributed by atoms with van der Waals surface area (Å²) >= 11 is 0. The van der Waals surface area contributed by atoms with Gasteiger partial charge in [0.15, 0.2) is 0 Å². The fourth-order valence-electron chi connectivity index (χ4n) is 2.49. The molecule has 0 amide bonds. The van der Waals surface area contributed by atoms with Crippen LogP contribution in [-0.4, -0.2) is 43.8 Å². The lowest BCUT2D eigenvalue weighted by molar-refractivity contribution is 0.577. The van der Waals surface area contributed by atoms with Gasteiger partial charge in [0.25, 0.3) is 0 Å². The summed E-state index contributed by atoms with van der Waals surface area (Å²) in [5, 5.41) is 0. The molecule has 0 aromatic carbocycles. The van der Waals surface area contributed by atoms with Crippen molar-refractivity contribution in [2.45, 2.75) is 32.7 Å². The molecule has 2 rings (SSSR count). The molecular weight excluding hydrogens is 264 g/mol. The molecule has 1 aliphatic rings. The van der Waals surface area contributed by atoms with Gasteiger partial charge in [0.1, 0.15) is 11.6 Å². The van der Waals surface area contributed by atoms with Crippen LogP contribution in [0.15, 0.2) is 6.07 Å². The number of aromatic nitrogens is 2. The Kier molecular flexibility index (Phi) is 4.05. The van der Waals surface area contributed by atoms with Gasteiger partial charge in [-0.15, -0.1) is 0 Å². The number of hydrogen-bond donors (Lipinski definition) is 1. The maximum absolute atomic E-state index is 11.7. The van der Waals surface area contributed by atoms with Gasteiger partial charge in [-0.2, -0.15) is 0 Å². The Morgan fingerprint density at radius 1 is 1.42 bits per heavy atom. The third-order valence-corrected chi connectivity index (χ3v) is 4.79. The number of anilines is 1. The number of hydrogen-bond acceptors (Lipinski definition) is 5. The monoisotopic (exact) mass is 284 g/mol. The summed E-state index contributed by atoms with van der Waals surface area (Å²) in [5.41, 5.74) is 0.907. The Morgan fingerprint density at radius 3 is 2.79 bits per heavy atom. The highest BCUT2D eigenvalue weighted by Crippen LogP contribution is 2.25. The quantitative estimate of drug-likeness (QED) is 0.877. The summed E-state index contributed by atoms with van der Waals surface area (Å²) < 4.78 is 25.8. The van der Waals surface area contributed by atoms with Crippen molar-refractivity contribution in [3.8, 4) is 0 Å². The summed E-state index contributed by atoms with van der Waals surface area (Å²) in [5.74, 6) is 1.67. The van der Waals surface area contributed by atoms with E-state index < -0.39 is 10.0 Å². The minimum Gasteiger partial charge on any atom is -0.352 e. The van der Waals surface area contributed by atoms with Crippen molar-refractivity contribution in [1.29, 1.82) is 0 Å². The molecule has 0 aliphatic carbocycles. The van der Waals surface area contributed by atoms with Crippen LogP contribution in [0, 0.1) is 13.8 Å². The van der Waals surface area contributed by atoms with Gasteiger partial charge in [-0.1, -0.05) is 0 Å². The zero-order chi connectivity index (χ0) is 14.0. The Bertz CT molecular complexity index is 539. The largest absolute Gasteiger partial charge is 0.352 e. The van der Waals surface area contributed by atoms with E-state index in [2.05, 4.69) is 19.6 Å². The molecule has 0 saturated carbocycles. The van der Waals surface area contributed by atoms with Crippen LogP contribution >= 0.6 is 0 Å². The standard InChI is InChI=1S/C12H20N4O2S/c1-9-7-12(15-10(2)14-9)16-6-4-5-11(16)8-19(17,18)13-3/h7,11,13H,4-6,8H2,1-3H3. The Morgan fingerprint density at radius 2 is 2.16 bits per heavy atom. The minimum absolute atomic E-state index is 0.00819. The van der Waals surface area contributed by atoms with E-state index >= 15 is 0 Å². The Hall–Kier alpha value is -1.21. The number of nitrogens with zero attached hydrogens (tertiary/aromatic N) is 3. The van der Waals surface area contributed by atoms with E-state index in [9.17, 15) is 8.42 Å². The van der Waals surface area contributed by atoms with Crippen molar-refractivity contribution in [3.63, 3.8) is 0 Å². The number of sulfonamides is 1. The summed E-state index contributed by atoms with van der Waals surface area (Å²) in [7, 11) is -1.75. The number of rotatable bonds is 4. The van der Waals surface area contributed by atoms with Crippen LogP contribution in [0.1, 0.15) is 24.4 Å². The third-order valence-electron chi connectivity index (χ3n) is 3.35. The van der Waals surface area contributed by atoms with E-state index in [1.54, 1.807) is 0 Å². The zero-order valence-corrected chi connectivity index (χ0v) is 12.4. The lowest BCUT2D eigenvalue weighted by atomic mass is 10.2. The molecule has 1 N–H and O–H groups in total. The van der Waals surface area contributed by atoms with E-state index in [-0.39, 0.29) is 11.8 Å². The van der Waals surface area contributed by atoms with Crippen LogP contribution < -0.4 is 9.62 Å². The summed E-state index contributed by atoms with van der Waals surface area (Å²) in [6, 6.07) is 1.91. The molecule has 106 valence electrons. The first-order chi connectivity index (χ1) is 8.91. The van der Waals surface area contributed by atoms with Gasteiger partial charge < -0.3 is 4.90 Å². The topological polar surface area (TPSA) is 75.2 Å². The zero-order valence-electron chi connectivity index (χ0n) is 11.5. The van der Waals surface area contributed by atoms with Crippen LogP contribution in [0.25, 0.3) is 0 Å². The normalized spacial score (nSPS) is 19.9. The van der Waals surface area contributed by atoms with Crippen LogP contribution in [-0.2, 0) is 10.0 Å². The second-order valence-corrected chi connectivity index (χ2v) is 6.86. The molecule has 6 nitrogen and oxygen atoms in total. The van der Waals surface area contributed by atoms with Crippen LogP contribution in [0.4, 0.5) is 5.82 Å². The molecule has 7 heteroatoms. The highest BCUT2D eigenvalue weighted by molar-refractivity contribution is 7.89. The summed E-state index contributed by atoms with van der Waals surface area (Å²) in [4.78, 5) is 10.8. The minimum atomic E-state index is -3.20. The molecule has 2 heterocycles. The predicted octanol–water partition coefficient (Wildman–Crippen LogP) is 0.611. The van der Waals surface area contributed by atoms with E-state index in [4.69, 9.17) is 0 Å². The third kappa shape index (κ3) is 3.42. The van der Waals surface area contributed by atoms with Crippen molar-refractivity contribution >= 4 is 15.8 Å². The molecular formula is C12H20N4O2S. The van der Waals surface area contributed by atoms with Gasteiger partial charge in [-0.25, -0.2) is 23.1 Å². The van der Waals surface area contributed by atoms with E-state index in [0.717, 1.165) is 36.7 Å². The Labute approximate surface area is 114 Å². The smallest absolute Gasteiger partial charge is 0.213 e. The van der Waals surface area contributed by atoms with E-state index in [1.165, 1.54) is 7.05 Å². The first kappa shape index (κ1) is 14.2. The average Bonchev–Trinajstić information content (AvgIpc) is 2.75. The van der Waals surface area contributed by atoms with Crippen molar-refractivity contribution in [3.05, 3.63) is 17.6 Å². The molecule has 0 bridgehead atoms. The van der Waals surface area contributed by atoms with E-state index in [0.29, 0.717) is 0 Å². The maximum Gasteiger partial charge on any atom is 0.213 e. The molecule has 0 radical (unpaired) electrons. The molecule has 1 saturated heterocycles. The van der Waals surface area contributed by atoms with Crippen LogP contribution in [0.5, 0.6) is 0 Å². The van der Waals surface area contributed by atoms with Gasteiger partial charge in [-0.05, 0) is 33.7 Å². The van der Waals surface area contributed by atoms with Crippen molar-refractivity contribution in [2.24, 2.45) is 0 Å². The molecule has 1 atom stereocenters. The molecule has 0 spiro atoms. The second-order valence-electron chi connectivity index (χ2n) is 4.89. The molecule has 1 aliphatic heterocycles. The molecule has 19 heavy (non-hydrogen) atoms.